The molecular formula is C16H22N2OS2. The lowest BCUT2D eigenvalue weighted by Gasteiger charge is -2.25. The predicted octanol–water partition coefficient (Wildman–Crippen LogP) is 3.71. The van der Waals surface area contributed by atoms with Crippen LogP contribution < -0.4 is 5.73 Å². The van der Waals surface area contributed by atoms with E-state index in [4.69, 9.17) is 5.73 Å². The molecule has 5 heteroatoms. The molecule has 1 amide bonds. The van der Waals surface area contributed by atoms with Crippen LogP contribution in [-0.2, 0) is 17.9 Å². The molecule has 114 valence electrons. The lowest BCUT2D eigenvalue weighted by atomic mass is 10.0. The molecule has 2 N–H and O–H groups in total. The third-order valence-corrected chi connectivity index (χ3v) is 5.15. The zero-order chi connectivity index (χ0) is 15.1. The molecule has 0 radical (unpaired) electrons. The molecule has 0 aliphatic rings. The number of carbonyl (C=O) groups excluding carboxylic acids is 1. The van der Waals surface area contributed by atoms with Gasteiger partial charge in [-0.2, -0.15) is 0 Å². The average molecular weight is 322 g/mol. The summed E-state index contributed by atoms with van der Waals surface area (Å²) in [5.74, 6) is 0.263. The van der Waals surface area contributed by atoms with Crippen LogP contribution in [0.4, 0.5) is 0 Å². The smallest absolute Gasteiger partial charge is 0.226 e. The van der Waals surface area contributed by atoms with Crippen molar-refractivity contribution in [3.8, 4) is 0 Å². The Balaban J connectivity index is 2.04. The Kier molecular flexibility index (Phi) is 6.42. The maximum Gasteiger partial charge on any atom is 0.226 e. The number of hydrogen-bond donors (Lipinski definition) is 1. The molecule has 0 spiro atoms. The van der Waals surface area contributed by atoms with E-state index in [1.807, 2.05) is 24.0 Å². The number of hydrogen-bond acceptors (Lipinski definition) is 4. The van der Waals surface area contributed by atoms with E-state index in [1.165, 1.54) is 9.75 Å². The Bertz CT molecular complexity index is 486. The second-order valence-electron chi connectivity index (χ2n) is 5.18. The van der Waals surface area contributed by atoms with Crippen LogP contribution in [0.25, 0.3) is 0 Å². The molecule has 0 aliphatic heterocycles. The highest BCUT2D eigenvalue weighted by Crippen LogP contribution is 2.20. The first-order valence-electron chi connectivity index (χ1n) is 7.24. The highest BCUT2D eigenvalue weighted by Gasteiger charge is 2.21. The van der Waals surface area contributed by atoms with Crippen molar-refractivity contribution in [2.24, 2.45) is 11.7 Å². The van der Waals surface area contributed by atoms with Crippen LogP contribution in [0.15, 0.2) is 35.0 Å². The normalized spacial score (nSPS) is 12.3. The van der Waals surface area contributed by atoms with Crippen molar-refractivity contribution in [2.75, 3.05) is 6.54 Å². The zero-order valence-corrected chi connectivity index (χ0v) is 14.0. The zero-order valence-electron chi connectivity index (χ0n) is 12.3. The molecule has 1 atom stereocenters. The van der Waals surface area contributed by atoms with Crippen LogP contribution in [0.2, 0.25) is 0 Å². The maximum atomic E-state index is 12.7. The van der Waals surface area contributed by atoms with Gasteiger partial charge in [0.25, 0.3) is 0 Å². The van der Waals surface area contributed by atoms with Crippen molar-refractivity contribution in [1.29, 1.82) is 0 Å². The van der Waals surface area contributed by atoms with Crippen molar-refractivity contribution >= 4 is 28.6 Å². The average Bonchev–Trinajstić information content (AvgIpc) is 3.16. The van der Waals surface area contributed by atoms with Crippen molar-refractivity contribution in [2.45, 2.75) is 32.9 Å². The number of nitrogens with two attached hydrogens (primary N) is 1. The molecule has 1 unspecified atom stereocenters. The van der Waals surface area contributed by atoms with Crippen LogP contribution in [0.1, 0.15) is 29.5 Å². The summed E-state index contributed by atoms with van der Waals surface area (Å²) >= 11 is 3.40. The topological polar surface area (TPSA) is 46.3 Å². The number of nitrogens with zero attached hydrogens (tertiary/aromatic N) is 1. The van der Waals surface area contributed by atoms with Crippen molar-refractivity contribution in [1.82, 2.24) is 4.90 Å². The Morgan fingerprint density at radius 2 is 1.76 bits per heavy atom. The minimum absolute atomic E-state index is 0.0356. The van der Waals surface area contributed by atoms with E-state index in [1.54, 1.807) is 22.7 Å². The van der Waals surface area contributed by atoms with Crippen LogP contribution >= 0.6 is 22.7 Å². The van der Waals surface area contributed by atoms with E-state index in [0.717, 1.165) is 12.8 Å². The Morgan fingerprint density at radius 1 is 1.19 bits per heavy atom. The fourth-order valence-electron chi connectivity index (χ4n) is 2.25. The summed E-state index contributed by atoms with van der Waals surface area (Å²) < 4.78 is 0. The largest absolute Gasteiger partial charge is 0.332 e. The monoisotopic (exact) mass is 322 g/mol. The van der Waals surface area contributed by atoms with Crippen LogP contribution in [-0.4, -0.2) is 17.4 Å². The number of carbonyl (C=O) groups is 1. The SMILES string of the molecule is CC(CCCN)C(=O)N(Cc1cccs1)Cc1cccs1. The van der Waals surface area contributed by atoms with Gasteiger partial charge in [0, 0.05) is 15.7 Å². The predicted molar refractivity (Wildman–Crippen MR) is 90.3 cm³/mol. The summed E-state index contributed by atoms with van der Waals surface area (Å²) in [4.78, 5) is 17.1. The number of rotatable bonds is 8. The number of thiophene rings is 2. The fraction of sp³-hybridized carbons (Fsp3) is 0.438. The van der Waals surface area contributed by atoms with Gasteiger partial charge in [-0.25, -0.2) is 0 Å². The van der Waals surface area contributed by atoms with Crippen LogP contribution in [0, 0.1) is 5.92 Å². The van der Waals surface area contributed by atoms with E-state index >= 15 is 0 Å². The van der Waals surface area contributed by atoms with Crippen LogP contribution in [0.5, 0.6) is 0 Å². The molecule has 0 aliphatic carbocycles. The van der Waals surface area contributed by atoms with Gasteiger partial charge in [0.05, 0.1) is 13.1 Å². The summed E-state index contributed by atoms with van der Waals surface area (Å²) in [7, 11) is 0. The van der Waals surface area contributed by atoms with Gasteiger partial charge in [0.2, 0.25) is 5.91 Å². The molecule has 0 saturated carbocycles. The minimum Gasteiger partial charge on any atom is -0.332 e. The Morgan fingerprint density at radius 3 is 2.19 bits per heavy atom. The summed E-state index contributed by atoms with van der Waals surface area (Å²) in [6, 6.07) is 8.24. The summed E-state index contributed by atoms with van der Waals surface area (Å²) in [6.07, 6.45) is 1.76. The molecule has 2 aromatic rings. The molecule has 3 nitrogen and oxygen atoms in total. The van der Waals surface area contributed by atoms with E-state index < -0.39 is 0 Å². The fourth-order valence-corrected chi connectivity index (χ4v) is 3.69. The van der Waals surface area contributed by atoms with Crippen LogP contribution in [0.3, 0.4) is 0 Å². The highest BCUT2D eigenvalue weighted by molar-refractivity contribution is 7.10. The minimum atomic E-state index is 0.0356. The quantitative estimate of drug-likeness (QED) is 0.805. The van der Waals surface area contributed by atoms with Gasteiger partial charge >= 0.3 is 0 Å². The Hall–Kier alpha value is -1.17. The van der Waals surface area contributed by atoms with Gasteiger partial charge in [0.1, 0.15) is 0 Å². The lowest BCUT2D eigenvalue weighted by Crippen LogP contribution is -2.34. The summed E-state index contributed by atoms with van der Waals surface area (Å²) in [5.41, 5.74) is 5.55. The molecule has 0 fully saturated rings. The summed E-state index contributed by atoms with van der Waals surface area (Å²) in [6.45, 7) is 4.05. The summed E-state index contributed by atoms with van der Waals surface area (Å²) in [5, 5.41) is 4.11. The Labute approximate surface area is 134 Å². The van der Waals surface area contributed by atoms with Gasteiger partial charge < -0.3 is 10.6 Å². The van der Waals surface area contributed by atoms with Crippen molar-refractivity contribution in [3.63, 3.8) is 0 Å². The van der Waals surface area contributed by atoms with E-state index in [0.29, 0.717) is 19.6 Å². The first-order valence-corrected chi connectivity index (χ1v) is 9.00. The van der Waals surface area contributed by atoms with Gasteiger partial charge in [0.15, 0.2) is 0 Å². The molecule has 0 aromatic carbocycles. The van der Waals surface area contributed by atoms with Gasteiger partial charge in [-0.15, -0.1) is 22.7 Å². The number of amides is 1. The van der Waals surface area contributed by atoms with E-state index in [9.17, 15) is 4.79 Å². The van der Waals surface area contributed by atoms with E-state index in [2.05, 4.69) is 22.9 Å². The third-order valence-electron chi connectivity index (χ3n) is 3.43. The first kappa shape index (κ1) is 16.2. The highest BCUT2D eigenvalue weighted by atomic mass is 32.1. The molecule has 2 aromatic heterocycles. The second kappa shape index (κ2) is 8.32. The van der Waals surface area contributed by atoms with Gasteiger partial charge in [-0.05, 0) is 42.3 Å². The van der Waals surface area contributed by atoms with Gasteiger partial charge in [-0.1, -0.05) is 19.1 Å². The lowest BCUT2D eigenvalue weighted by molar-refractivity contribution is -0.136. The maximum absolute atomic E-state index is 12.7. The molecule has 0 saturated heterocycles. The first-order chi connectivity index (χ1) is 10.2. The second-order valence-corrected chi connectivity index (χ2v) is 7.25. The molecule has 21 heavy (non-hydrogen) atoms. The standard InChI is InChI=1S/C16H22N2OS2/c1-13(5-2-8-17)16(19)18(11-14-6-3-9-20-14)12-15-7-4-10-21-15/h3-4,6-7,9-10,13H,2,5,8,11-12,17H2,1H3. The molecular weight excluding hydrogens is 300 g/mol. The van der Waals surface area contributed by atoms with Gasteiger partial charge in [-0.3, -0.25) is 4.79 Å². The van der Waals surface area contributed by atoms with Crippen molar-refractivity contribution < 1.29 is 4.79 Å². The third kappa shape index (κ3) is 4.95. The molecule has 2 rings (SSSR count). The van der Waals surface area contributed by atoms with Crippen molar-refractivity contribution in [3.05, 3.63) is 44.8 Å². The van der Waals surface area contributed by atoms with E-state index in [-0.39, 0.29) is 11.8 Å². The molecule has 2 heterocycles. The molecule has 0 bridgehead atoms.